The van der Waals surface area contributed by atoms with Gasteiger partial charge in [-0.1, -0.05) is 53.4 Å². The molecule has 1 aromatic heterocycles. The average Bonchev–Trinajstić information content (AvgIpc) is 3.26. The van der Waals surface area contributed by atoms with Crippen LogP contribution in [0.25, 0.3) is 16.3 Å². The quantitative estimate of drug-likeness (QED) is 0.509. The topological polar surface area (TPSA) is 81.7 Å². The van der Waals surface area contributed by atoms with E-state index in [0.717, 1.165) is 36.4 Å². The molecular weight excluding hydrogens is 432 g/mol. The van der Waals surface area contributed by atoms with Crippen LogP contribution in [0, 0.1) is 0 Å². The Morgan fingerprint density at radius 3 is 2.58 bits per heavy atom. The minimum Gasteiger partial charge on any atom is -0.480 e. The van der Waals surface area contributed by atoms with Crippen molar-refractivity contribution in [2.75, 3.05) is 11.4 Å². The third kappa shape index (κ3) is 4.50. The number of rotatable bonds is 7. The van der Waals surface area contributed by atoms with Crippen molar-refractivity contribution < 1.29 is 24.4 Å². The molecule has 6 nitrogen and oxygen atoms in total. The molecular formula is C23H21N2O4S2+. The molecule has 0 amide bonds. The van der Waals surface area contributed by atoms with Gasteiger partial charge in [-0.2, -0.15) is 4.57 Å². The van der Waals surface area contributed by atoms with Crippen molar-refractivity contribution >= 4 is 57.0 Å². The van der Waals surface area contributed by atoms with Gasteiger partial charge in [0.2, 0.25) is 12.1 Å². The lowest BCUT2D eigenvalue weighted by atomic mass is 10.2. The summed E-state index contributed by atoms with van der Waals surface area (Å²) in [7, 11) is 0. The number of nitrogens with zero attached hydrogens (tertiary/aromatic N) is 2. The molecule has 0 bridgehead atoms. The highest BCUT2D eigenvalue weighted by molar-refractivity contribution is 8.03. The Hall–Kier alpha value is -3.10. The van der Waals surface area contributed by atoms with E-state index >= 15 is 0 Å². The molecule has 0 saturated heterocycles. The molecule has 0 spiro atoms. The molecule has 2 N–H and O–H groups in total. The average molecular weight is 454 g/mol. The van der Waals surface area contributed by atoms with Crippen molar-refractivity contribution in [2.24, 2.45) is 0 Å². The molecule has 3 aromatic rings. The van der Waals surface area contributed by atoms with E-state index in [4.69, 9.17) is 0 Å². The van der Waals surface area contributed by atoms with E-state index < -0.39 is 11.9 Å². The highest BCUT2D eigenvalue weighted by Crippen LogP contribution is 2.47. The van der Waals surface area contributed by atoms with Crippen LogP contribution in [-0.4, -0.2) is 28.7 Å². The SMILES string of the molecule is CC(CC=Cc1sc2ccccc2[n+]1CC(=O)O)=C1Sc2ccccc2N1CC(=O)O. The molecule has 158 valence electrons. The molecule has 4 rings (SSSR count). The highest BCUT2D eigenvalue weighted by atomic mass is 32.2. The lowest BCUT2D eigenvalue weighted by Gasteiger charge is -2.19. The molecule has 2 heterocycles. The minimum atomic E-state index is -0.883. The first-order valence-electron chi connectivity index (χ1n) is 9.69. The van der Waals surface area contributed by atoms with E-state index in [-0.39, 0.29) is 13.1 Å². The zero-order valence-corrected chi connectivity index (χ0v) is 18.4. The number of allylic oxidation sites excluding steroid dienone is 2. The van der Waals surface area contributed by atoms with Crippen molar-refractivity contribution in [1.82, 2.24) is 0 Å². The Morgan fingerprint density at radius 1 is 1.06 bits per heavy atom. The fourth-order valence-corrected chi connectivity index (χ4v) is 5.80. The van der Waals surface area contributed by atoms with E-state index in [9.17, 15) is 19.8 Å². The number of thiazole rings is 1. The summed E-state index contributed by atoms with van der Waals surface area (Å²) in [6.07, 6.45) is 4.59. The first-order valence-corrected chi connectivity index (χ1v) is 11.3. The number of carboxylic acids is 2. The fourth-order valence-electron chi connectivity index (χ4n) is 3.54. The molecule has 8 heteroatoms. The van der Waals surface area contributed by atoms with E-state index in [1.807, 2.05) is 72.5 Å². The monoisotopic (exact) mass is 453 g/mol. The lowest BCUT2D eigenvalue weighted by molar-refractivity contribution is -0.657. The van der Waals surface area contributed by atoms with Gasteiger partial charge >= 0.3 is 11.9 Å². The van der Waals surface area contributed by atoms with Crippen LogP contribution in [-0.2, 0) is 16.1 Å². The molecule has 0 aliphatic carbocycles. The number of thioether (sulfide) groups is 1. The number of aromatic nitrogens is 1. The van der Waals surface area contributed by atoms with Gasteiger partial charge in [0.05, 0.1) is 10.7 Å². The van der Waals surface area contributed by atoms with Crippen LogP contribution in [0.1, 0.15) is 18.4 Å². The summed E-state index contributed by atoms with van der Waals surface area (Å²) in [6.45, 7) is 1.82. The van der Waals surface area contributed by atoms with Gasteiger partial charge in [0.15, 0.2) is 0 Å². The summed E-state index contributed by atoms with van der Waals surface area (Å²) in [5, 5.41) is 20.5. The summed E-state index contributed by atoms with van der Waals surface area (Å²) < 4.78 is 2.84. The predicted molar refractivity (Wildman–Crippen MR) is 123 cm³/mol. The Balaban J connectivity index is 1.61. The zero-order chi connectivity index (χ0) is 22.0. The Morgan fingerprint density at radius 2 is 1.81 bits per heavy atom. The number of hydrogen-bond acceptors (Lipinski definition) is 5. The largest absolute Gasteiger partial charge is 0.480 e. The van der Waals surface area contributed by atoms with Gasteiger partial charge in [0.1, 0.15) is 11.2 Å². The molecule has 1 aliphatic heterocycles. The Bertz CT molecular complexity index is 1230. The highest BCUT2D eigenvalue weighted by Gasteiger charge is 2.28. The number of carboxylic acid groups (broad SMARTS) is 2. The number of anilines is 1. The van der Waals surface area contributed by atoms with Crippen LogP contribution >= 0.6 is 23.1 Å². The van der Waals surface area contributed by atoms with E-state index in [1.165, 1.54) is 0 Å². The van der Waals surface area contributed by atoms with E-state index in [0.29, 0.717) is 6.42 Å². The first kappa shape index (κ1) is 21.1. The number of carbonyl (C=O) groups is 2. The molecule has 0 unspecified atom stereocenters. The van der Waals surface area contributed by atoms with Crippen molar-refractivity contribution in [3.05, 3.63) is 70.2 Å². The molecule has 0 radical (unpaired) electrons. The van der Waals surface area contributed by atoms with Gasteiger partial charge in [0, 0.05) is 17.0 Å². The smallest absolute Gasteiger partial charge is 0.370 e. The van der Waals surface area contributed by atoms with Gasteiger partial charge in [-0.3, -0.25) is 4.79 Å². The predicted octanol–water partition coefficient (Wildman–Crippen LogP) is 4.61. The van der Waals surface area contributed by atoms with Crippen LogP contribution < -0.4 is 9.47 Å². The van der Waals surface area contributed by atoms with Crippen LogP contribution in [0.3, 0.4) is 0 Å². The van der Waals surface area contributed by atoms with Crippen LogP contribution in [0.2, 0.25) is 0 Å². The molecule has 0 saturated carbocycles. The number of hydrogen-bond donors (Lipinski definition) is 2. The van der Waals surface area contributed by atoms with Crippen LogP contribution in [0.15, 0.2) is 70.1 Å². The second kappa shape index (κ2) is 8.95. The maximum atomic E-state index is 11.4. The number of aliphatic carboxylic acids is 2. The third-order valence-electron chi connectivity index (χ3n) is 4.88. The van der Waals surface area contributed by atoms with Crippen molar-refractivity contribution in [3.63, 3.8) is 0 Å². The molecule has 0 atom stereocenters. The van der Waals surface area contributed by atoms with Crippen molar-refractivity contribution in [3.8, 4) is 0 Å². The Labute approximate surface area is 187 Å². The Kier molecular flexibility index (Phi) is 6.11. The van der Waals surface area contributed by atoms with E-state index in [1.54, 1.807) is 27.7 Å². The molecule has 0 fully saturated rings. The number of benzene rings is 2. The summed E-state index contributed by atoms with van der Waals surface area (Å²) in [5.41, 5.74) is 2.88. The second-order valence-corrected chi connectivity index (χ2v) is 9.22. The number of para-hydroxylation sites is 2. The minimum absolute atomic E-state index is 0.0880. The summed E-state index contributed by atoms with van der Waals surface area (Å²) in [6, 6.07) is 15.6. The van der Waals surface area contributed by atoms with Gasteiger partial charge in [-0.15, -0.1) is 0 Å². The van der Waals surface area contributed by atoms with Crippen molar-refractivity contribution in [2.45, 2.75) is 24.8 Å². The second-order valence-electron chi connectivity index (χ2n) is 7.13. The zero-order valence-electron chi connectivity index (χ0n) is 16.8. The van der Waals surface area contributed by atoms with Gasteiger partial charge in [-0.05, 0) is 37.1 Å². The van der Waals surface area contributed by atoms with Crippen LogP contribution in [0.4, 0.5) is 5.69 Å². The maximum absolute atomic E-state index is 11.4. The maximum Gasteiger partial charge on any atom is 0.370 e. The van der Waals surface area contributed by atoms with Crippen LogP contribution in [0.5, 0.6) is 0 Å². The summed E-state index contributed by atoms with van der Waals surface area (Å²) >= 11 is 3.14. The van der Waals surface area contributed by atoms with Gasteiger partial charge < -0.3 is 15.1 Å². The molecule has 2 aromatic carbocycles. The normalized spacial score (nSPS) is 14.9. The third-order valence-corrected chi connectivity index (χ3v) is 7.34. The molecule has 1 aliphatic rings. The lowest BCUT2D eigenvalue weighted by Crippen LogP contribution is -2.39. The van der Waals surface area contributed by atoms with Gasteiger partial charge in [0.25, 0.3) is 5.01 Å². The number of fused-ring (bicyclic) bond motifs is 2. The summed E-state index contributed by atoms with van der Waals surface area (Å²) in [5.74, 6) is -1.76. The van der Waals surface area contributed by atoms with Crippen molar-refractivity contribution in [1.29, 1.82) is 0 Å². The standard InChI is InChI=1S/C23H20N2O4S2/c1-15(23-25(14-22(28)29)17-9-3-5-11-19(17)31-23)7-6-12-20-24(13-21(26)27)16-8-2-4-10-18(16)30-20/h2-6,8-12H,7,13-14H2,1H3,(H-,26,27,28,29)/p+1. The first-order chi connectivity index (χ1) is 14.9. The van der Waals surface area contributed by atoms with E-state index in [2.05, 4.69) is 0 Å². The fraction of sp³-hybridized carbons (Fsp3) is 0.174. The van der Waals surface area contributed by atoms with Gasteiger partial charge in [-0.25, -0.2) is 4.79 Å². The molecule has 31 heavy (non-hydrogen) atoms. The summed E-state index contributed by atoms with van der Waals surface area (Å²) in [4.78, 5) is 25.6.